The molecule has 174 valence electrons. The molecule has 4 aromatic carbocycles. The second-order valence-electron chi connectivity index (χ2n) is 8.84. The number of carboxylic acid groups (broad SMARTS) is 1. The van der Waals surface area contributed by atoms with Gasteiger partial charge < -0.3 is 9.84 Å². The topological polar surface area (TPSA) is 46.5 Å². The fourth-order valence-electron chi connectivity index (χ4n) is 4.44. The van der Waals surface area contributed by atoms with Gasteiger partial charge in [0.2, 0.25) is 0 Å². The van der Waals surface area contributed by atoms with Gasteiger partial charge in [0.25, 0.3) is 0 Å². The van der Waals surface area contributed by atoms with Crippen LogP contribution in [0.25, 0.3) is 33.0 Å². The predicted molar refractivity (Wildman–Crippen MR) is 141 cm³/mol. The zero-order chi connectivity index (χ0) is 23.9. The fourth-order valence-corrected chi connectivity index (χ4v) is 4.44. The van der Waals surface area contributed by atoms with Gasteiger partial charge in [-0.05, 0) is 69.6 Å². The molecule has 0 radical (unpaired) electrons. The number of aromatic carboxylic acids is 1. The third-order valence-corrected chi connectivity index (χ3v) is 6.56. The van der Waals surface area contributed by atoms with Gasteiger partial charge >= 0.3 is 5.97 Å². The molecule has 1 atom stereocenters. The molecule has 0 heterocycles. The van der Waals surface area contributed by atoms with E-state index in [4.69, 9.17) is 4.74 Å². The van der Waals surface area contributed by atoms with E-state index >= 15 is 0 Å². The van der Waals surface area contributed by atoms with Crippen LogP contribution in [0, 0.1) is 5.92 Å². The van der Waals surface area contributed by atoms with Crippen molar-refractivity contribution in [2.75, 3.05) is 6.61 Å². The molecule has 0 aliphatic rings. The minimum atomic E-state index is -0.912. The summed E-state index contributed by atoms with van der Waals surface area (Å²) >= 11 is 0. The van der Waals surface area contributed by atoms with Crippen LogP contribution in [0.15, 0.2) is 84.9 Å². The largest absolute Gasteiger partial charge is 0.493 e. The van der Waals surface area contributed by atoms with Crippen LogP contribution in [0.2, 0.25) is 0 Å². The van der Waals surface area contributed by atoms with E-state index < -0.39 is 5.97 Å². The molecule has 0 amide bonds. The van der Waals surface area contributed by atoms with E-state index in [2.05, 4.69) is 68.4 Å². The highest BCUT2D eigenvalue weighted by atomic mass is 16.5. The van der Waals surface area contributed by atoms with Gasteiger partial charge in [-0.2, -0.15) is 0 Å². The van der Waals surface area contributed by atoms with Gasteiger partial charge in [-0.15, -0.1) is 0 Å². The van der Waals surface area contributed by atoms with Crippen molar-refractivity contribution in [2.45, 2.75) is 39.5 Å². The Morgan fingerprint density at radius 3 is 1.85 bits per heavy atom. The second-order valence-corrected chi connectivity index (χ2v) is 8.84. The van der Waals surface area contributed by atoms with E-state index in [9.17, 15) is 9.90 Å². The molecular weight excluding hydrogens is 420 g/mol. The number of carbonyl (C=O) groups is 1. The van der Waals surface area contributed by atoms with Crippen LogP contribution in [0.4, 0.5) is 0 Å². The summed E-state index contributed by atoms with van der Waals surface area (Å²) < 4.78 is 6.10. The van der Waals surface area contributed by atoms with E-state index in [0.29, 0.717) is 11.5 Å². The van der Waals surface area contributed by atoms with Gasteiger partial charge in [0.15, 0.2) is 0 Å². The Hall–Kier alpha value is -3.59. The van der Waals surface area contributed by atoms with Crippen LogP contribution in [-0.4, -0.2) is 17.7 Å². The standard InChI is InChI=1S/C31H32O3/c1-3-5-8-22(4-2)21-34-26-17-15-24(16-18-26)28-20-19-27(29-9-6-7-10-30(28)29)23-11-13-25(14-12-23)31(32)33/h6-7,9-20,22H,3-5,8,21H2,1-2H3,(H,32,33). The average molecular weight is 453 g/mol. The molecule has 0 saturated heterocycles. The van der Waals surface area contributed by atoms with Crippen LogP contribution in [0.1, 0.15) is 49.9 Å². The number of unbranched alkanes of at least 4 members (excludes halogenated alkanes) is 1. The zero-order valence-corrected chi connectivity index (χ0v) is 20.0. The van der Waals surface area contributed by atoms with Crippen molar-refractivity contribution in [1.29, 1.82) is 0 Å². The number of carboxylic acids is 1. The summed E-state index contributed by atoms with van der Waals surface area (Å²) in [6.07, 6.45) is 4.86. The van der Waals surface area contributed by atoms with Crippen molar-refractivity contribution in [3.8, 4) is 28.0 Å². The maximum absolute atomic E-state index is 11.2. The van der Waals surface area contributed by atoms with E-state index in [1.54, 1.807) is 12.1 Å². The number of fused-ring (bicyclic) bond motifs is 1. The molecule has 4 rings (SSSR count). The number of rotatable bonds is 10. The van der Waals surface area contributed by atoms with Crippen molar-refractivity contribution in [3.05, 3.63) is 90.5 Å². The monoisotopic (exact) mass is 452 g/mol. The maximum atomic E-state index is 11.2. The molecule has 3 nitrogen and oxygen atoms in total. The Bertz CT molecular complexity index is 1240. The normalized spacial score (nSPS) is 11.9. The van der Waals surface area contributed by atoms with Crippen molar-refractivity contribution < 1.29 is 14.6 Å². The first-order valence-electron chi connectivity index (χ1n) is 12.2. The Balaban J connectivity index is 1.59. The van der Waals surface area contributed by atoms with Crippen molar-refractivity contribution in [3.63, 3.8) is 0 Å². The molecule has 4 aromatic rings. The molecule has 0 fully saturated rings. The fraction of sp³-hybridized carbons (Fsp3) is 0.258. The lowest BCUT2D eigenvalue weighted by Gasteiger charge is -2.16. The molecular formula is C31H32O3. The number of ether oxygens (including phenoxy) is 1. The van der Waals surface area contributed by atoms with Gasteiger partial charge in [0.05, 0.1) is 12.2 Å². The molecule has 0 bridgehead atoms. The van der Waals surface area contributed by atoms with Crippen LogP contribution < -0.4 is 4.74 Å². The average Bonchev–Trinajstić information content (AvgIpc) is 2.88. The van der Waals surface area contributed by atoms with Crippen molar-refractivity contribution in [1.82, 2.24) is 0 Å². The van der Waals surface area contributed by atoms with E-state index in [-0.39, 0.29) is 0 Å². The first-order chi connectivity index (χ1) is 16.6. The first-order valence-corrected chi connectivity index (χ1v) is 12.2. The van der Waals surface area contributed by atoms with Gasteiger partial charge in [-0.1, -0.05) is 93.8 Å². The Morgan fingerprint density at radius 2 is 1.35 bits per heavy atom. The molecule has 1 N–H and O–H groups in total. The Morgan fingerprint density at radius 1 is 0.794 bits per heavy atom. The molecule has 3 heteroatoms. The van der Waals surface area contributed by atoms with E-state index in [1.807, 2.05) is 18.2 Å². The molecule has 0 aliphatic carbocycles. The highest BCUT2D eigenvalue weighted by molar-refractivity contribution is 6.05. The summed E-state index contributed by atoms with van der Waals surface area (Å²) in [7, 11) is 0. The first kappa shape index (κ1) is 23.6. The molecule has 0 aromatic heterocycles. The summed E-state index contributed by atoms with van der Waals surface area (Å²) in [6.45, 7) is 5.24. The van der Waals surface area contributed by atoms with Gasteiger partial charge in [-0.25, -0.2) is 4.79 Å². The lowest BCUT2D eigenvalue weighted by molar-refractivity contribution is 0.0697. The van der Waals surface area contributed by atoms with Gasteiger partial charge in [0.1, 0.15) is 5.75 Å². The molecule has 34 heavy (non-hydrogen) atoms. The number of hydrogen-bond acceptors (Lipinski definition) is 2. The van der Waals surface area contributed by atoms with E-state index in [0.717, 1.165) is 40.9 Å². The molecule has 0 saturated carbocycles. The Kier molecular flexibility index (Phi) is 7.64. The maximum Gasteiger partial charge on any atom is 0.335 e. The van der Waals surface area contributed by atoms with Crippen molar-refractivity contribution >= 4 is 16.7 Å². The lowest BCUT2D eigenvalue weighted by Crippen LogP contribution is -2.11. The smallest absolute Gasteiger partial charge is 0.335 e. The summed E-state index contributed by atoms with van der Waals surface area (Å²) in [5, 5.41) is 11.5. The summed E-state index contributed by atoms with van der Waals surface area (Å²) in [4.78, 5) is 11.2. The number of hydrogen-bond donors (Lipinski definition) is 1. The highest BCUT2D eigenvalue weighted by Gasteiger charge is 2.11. The van der Waals surface area contributed by atoms with Crippen LogP contribution in [-0.2, 0) is 0 Å². The summed E-state index contributed by atoms with van der Waals surface area (Å²) in [5.74, 6) is 0.615. The predicted octanol–water partition coefficient (Wildman–Crippen LogP) is 8.47. The quantitative estimate of drug-likeness (QED) is 0.262. The minimum Gasteiger partial charge on any atom is -0.493 e. The van der Waals surface area contributed by atoms with Gasteiger partial charge in [0, 0.05) is 0 Å². The number of benzene rings is 4. The van der Waals surface area contributed by atoms with Crippen LogP contribution in [0.5, 0.6) is 5.75 Å². The van der Waals surface area contributed by atoms with Gasteiger partial charge in [-0.3, -0.25) is 0 Å². The minimum absolute atomic E-state index is 0.294. The van der Waals surface area contributed by atoms with Crippen molar-refractivity contribution in [2.24, 2.45) is 5.92 Å². The van der Waals surface area contributed by atoms with E-state index in [1.165, 1.54) is 30.2 Å². The van der Waals surface area contributed by atoms with Crippen LogP contribution >= 0.6 is 0 Å². The Labute approximate surface area is 202 Å². The lowest BCUT2D eigenvalue weighted by atomic mass is 9.92. The SMILES string of the molecule is CCCCC(CC)COc1ccc(-c2ccc(-c3ccc(C(=O)O)cc3)c3ccccc23)cc1. The third-order valence-electron chi connectivity index (χ3n) is 6.56. The molecule has 0 spiro atoms. The summed E-state index contributed by atoms with van der Waals surface area (Å²) in [6, 6.07) is 28.1. The zero-order valence-electron chi connectivity index (χ0n) is 20.0. The second kappa shape index (κ2) is 11.0. The van der Waals surface area contributed by atoms with Crippen LogP contribution in [0.3, 0.4) is 0 Å². The summed E-state index contributed by atoms with van der Waals surface area (Å²) in [5.41, 5.74) is 4.71. The molecule has 1 unspecified atom stereocenters. The highest BCUT2D eigenvalue weighted by Crippen LogP contribution is 2.36. The molecule has 0 aliphatic heterocycles. The third kappa shape index (κ3) is 5.31.